The van der Waals surface area contributed by atoms with Gasteiger partial charge in [-0.05, 0) is 22.8 Å². The van der Waals surface area contributed by atoms with Gasteiger partial charge < -0.3 is 14.6 Å². The minimum atomic E-state index is -4.05. The van der Waals surface area contributed by atoms with Crippen molar-refractivity contribution in [2.45, 2.75) is 39.1 Å². The van der Waals surface area contributed by atoms with Gasteiger partial charge in [-0.15, -0.1) is 0 Å². The molecule has 1 heterocycles. The molecule has 1 aliphatic carbocycles. The number of fused-ring (bicyclic) bond motifs is 1. The first-order chi connectivity index (χ1) is 14.9. The van der Waals surface area contributed by atoms with Crippen LogP contribution in [0.15, 0.2) is 54.9 Å². The van der Waals surface area contributed by atoms with E-state index in [2.05, 4.69) is 14.2 Å². The van der Waals surface area contributed by atoms with Gasteiger partial charge in [0.25, 0.3) is 0 Å². The quantitative estimate of drug-likeness (QED) is 0.523. The van der Waals surface area contributed by atoms with Crippen LogP contribution in [0.5, 0.6) is 11.8 Å². The minimum absolute atomic E-state index is 0. The Morgan fingerprint density at radius 3 is 2.62 bits per heavy atom. The number of rotatable bonds is 8. The number of nitrogens with zero attached hydrogens (tertiary/aromatic N) is 2. The lowest BCUT2D eigenvalue weighted by Crippen LogP contribution is -2.24. The average Bonchev–Trinajstić information content (AvgIpc) is 3.09. The van der Waals surface area contributed by atoms with Crippen LogP contribution < -0.4 is 14.6 Å². The average molecular weight is 462 g/mol. The maximum atomic E-state index is 11.0. The molecule has 3 N–H and O–H groups in total. The van der Waals surface area contributed by atoms with E-state index in [0.29, 0.717) is 31.2 Å². The molecule has 0 aliphatic heterocycles. The van der Waals surface area contributed by atoms with Crippen molar-refractivity contribution in [1.82, 2.24) is 9.97 Å². The number of ether oxygens (including phenoxy) is 2. The van der Waals surface area contributed by atoms with Gasteiger partial charge in [0.05, 0.1) is 18.8 Å². The van der Waals surface area contributed by atoms with Crippen LogP contribution in [0.4, 0.5) is 0 Å². The molecular weight excluding hydrogens is 434 g/mol. The maximum absolute atomic E-state index is 11.0. The van der Waals surface area contributed by atoms with Gasteiger partial charge in [-0.1, -0.05) is 49.9 Å². The molecule has 1 aliphatic rings. The first kappa shape index (κ1) is 23.9. The van der Waals surface area contributed by atoms with E-state index in [-0.39, 0.29) is 20.1 Å². The zero-order valence-corrected chi connectivity index (χ0v) is 17.4. The third-order valence-corrected chi connectivity index (χ3v) is 5.68. The fourth-order valence-corrected chi connectivity index (χ4v) is 4.08. The second-order valence-corrected chi connectivity index (χ2v) is 8.66. The van der Waals surface area contributed by atoms with Crippen LogP contribution in [0.1, 0.15) is 25.8 Å². The van der Waals surface area contributed by atoms with Crippen LogP contribution in [0, 0.1) is 5.92 Å². The monoisotopic (exact) mass is 461 g/mol. The van der Waals surface area contributed by atoms with E-state index in [1.54, 1.807) is 6.07 Å². The Balaban J connectivity index is 0.00000289. The number of nitrogens with two attached hydrogens (primary N) is 1. The Morgan fingerprint density at radius 1 is 1.06 bits per heavy atom. The molecule has 0 spiro atoms. The summed E-state index contributed by atoms with van der Waals surface area (Å²) in [6, 6.07) is 15.7. The van der Waals surface area contributed by atoms with Crippen molar-refractivity contribution >= 4 is 21.1 Å². The van der Waals surface area contributed by atoms with Crippen LogP contribution >= 0.6 is 0 Å². The van der Waals surface area contributed by atoms with Crippen molar-refractivity contribution in [1.29, 1.82) is 0 Å². The molecule has 3 atom stereocenters. The molecule has 1 aromatic heterocycles. The van der Waals surface area contributed by atoms with Crippen molar-refractivity contribution in [3.8, 4) is 11.8 Å². The van der Waals surface area contributed by atoms with Crippen LogP contribution in [0.25, 0.3) is 10.8 Å². The minimum Gasteiger partial charge on any atom is -0.474 e. The molecular formula is C22H27N3O6S. The largest absolute Gasteiger partial charge is 0.474 e. The summed E-state index contributed by atoms with van der Waals surface area (Å²) in [5, 5.41) is 17.2. The first-order valence-corrected chi connectivity index (χ1v) is 11.3. The summed E-state index contributed by atoms with van der Waals surface area (Å²) in [6.07, 6.45) is 0.989. The Morgan fingerprint density at radius 2 is 1.81 bits per heavy atom. The highest BCUT2D eigenvalue weighted by Gasteiger charge is 2.35. The summed E-state index contributed by atoms with van der Waals surface area (Å²) < 4.78 is 38.2. The lowest BCUT2D eigenvalue weighted by atomic mass is 10.1. The summed E-state index contributed by atoms with van der Waals surface area (Å²) >= 11 is 0. The van der Waals surface area contributed by atoms with Crippen LogP contribution in [-0.2, 0) is 21.1 Å². The maximum Gasteiger partial charge on any atom is 0.333 e. The summed E-state index contributed by atoms with van der Waals surface area (Å²) in [5.41, 5.74) is 1.04. The molecule has 0 saturated heterocycles. The molecule has 1 fully saturated rings. The molecule has 172 valence electrons. The molecule has 10 heteroatoms. The van der Waals surface area contributed by atoms with Crippen LogP contribution in [0.3, 0.4) is 0 Å². The Bertz CT molecular complexity index is 1150. The van der Waals surface area contributed by atoms with Gasteiger partial charge in [-0.25, -0.2) is 15.1 Å². The third kappa shape index (κ3) is 6.13. The molecule has 4 rings (SSSR count). The zero-order valence-electron chi connectivity index (χ0n) is 16.6. The van der Waals surface area contributed by atoms with E-state index in [4.69, 9.17) is 14.6 Å². The fourth-order valence-electron chi connectivity index (χ4n) is 3.72. The molecule has 0 unspecified atom stereocenters. The molecule has 1 saturated carbocycles. The lowest BCUT2D eigenvalue weighted by molar-refractivity contribution is 0.0986. The number of benzene rings is 2. The topological polar surface area (TPSA) is 134 Å². The van der Waals surface area contributed by atoms with E-state index >= 15 is 0 Å². The highest BCUT2D eigenvalue weighted by Crippen LogP contribution is 2.30. The predicted octanol–water partition coefficient (Wildman–Crippen LogP) is 2.58. The van der Waals surface area contributed by atoms with Crippen molar-refractivity contribution in [2.75, 3.05) is 6.61 Å². The van der Waals surface area contributed by atoms with E-state index in [9.17, 15) is 13.5 Å². The molecule has 0 amide bonds. The van der Waals surface area contributed by atoms with Gasteiger partial charge in [-0.2, -0.15) is 8.42 Å². The van der Waals surface area contributed by atoms with Crippen molar-refractivity contribution in [3.63, 3.8) is 0 Å². The predicted molar refractivity (Wildman–Crippen MR) is 119 cm³/mol. The number of aromatic nitrogens is 2. The molecule has 32 heavy (non-hydrogen) atoms. The Kier molecular flexibility index (Phi) is 7.62. The highest BCUT2D eigenvalue weighted by molar-refractivity contribution is 7.84. The lowest BCUT2D eigenvalue weighted by Gasteiger charge is -2.14. The highest BCUT2D eigenvalue weighted by atomic mass is 32.2. The summed E-state index contributed by atoms with van der Waals surface area (Å²) in [5.74, 6) is 0.283. The van der Waals surface area contributed by atoms with Gasteiger partial charge in [-0.3, -0.25) is 4.18 Å². The summed E-state index contributed by atoms with van der Waals surface area (Å²) in [7, 11) is -4.05. The normalized spacial score (nSPS) is 20.6. The zero-order chi connectivity index (χ0) is 21.8. The molecule has 0 radical (unpaired) electrons. The molecule has 9 nitrogen and oxygen atoms in total. The summed E-state index contributed by atoms with van der Waals surface area (Å²) in [4.78, 5) is 8.23. The van der Waals surface area contributed by atoms with Crippen LogP contribution in [-0.4, -0.2) is 42.3 Å². The van der Waals surface area contributed by atoms with Gasteiger partial charge >= 0.3 is 10.3 Å². The van der Waals surface area contributed by atoms with Gasteiger partial charge in [0.2, 0.25) is 11.8 Å². The third-order valence-electron chi connectivity index (χ3n) is 5.22. The van der Waals surface area contributed by atoms with E-state index in [1.807, 2.05) is 42.5 Å². The van der Waals surface area contributed by atoms with E-state index in [0.717, 1.165) is 16.3 Å². The second-order valence-electron chi connectivity index (χ2n) is 7.44. The molecule has 0 bridgehead atoms. The van der Waals surface area contributed by atoms with Gasteiger partial charge in [0, 0.05) is 12.3 Å². The standard InChI is InChI=1S/C21H23N3O6S.CH4/c22-31(26,27)29-12-16-8-17(9-19(16)25)30-21-10-20(23-13-24-21)28-11-15-6-3-5-14-4-1-2-7-18(14)15;/h1-7,10,13,16-17,19,25H,8-9,11-12H2,(H2,22,26,27);1H4/t16-,17+,19-;/m0./s1. The van der Waals surface area contributed by atoms with Crippen molar-refractivity contribution < 1.29 is 27.2 Å². The van der Waals surface area contributed by atoms with Gasteiger partial charge in [0.15, 0.2) is 0 Å². The Labute approximate surface area is 187 Å². The number of hydrogen-bond acceptors (Lipinski definition) is 8. The number of aliphatic hydroxyl groups is 1. The van der Waals surface area contributed by atoms with Crippen molar-refractivity contribution in [3.05, 3.63) is 60.4 Å². The number of aliphatic hydroxyl groups excluding tert-OH is 1. The van der Waals surface area contributed by atoms with Crippen LogP contribution in [0.2, 0.25) is 0 Å². The fraction of sp³-hybridized carbons (Fsp3) is 0.364. The molecule has 2 aromatic carbocycles. The van der Waals surface area contributed by atoms with E-state index in [1.165, 1.54) is 6.33 Å². The Hall–Kier alpha value is -2.79. The number of hydrogen-bond donors (Lipinski definition) is 2. The molecule has 3 aromatic rings. The van der Waals surface area contributed by atoms with Gasteiger partial charge in [0.1, 0.15) is 19.0 Å². The van der Waals surface area contributed by atoms with E-state index < -0.39 is 22.3 Å². The van der Waals surface area contributed by atoms with Crippen molar-refractivity contribution in [2.24, 2.45) is 11.1 Å². The second kappa shape index (κ2) is 10.2. The first-order valence-electron chi connectivity index (χ1n) is 9.81. The smallest absolute Gasteiger partial charge is 0.333 e. The summed E-state index contributed by atoms with van der Waals surface area (Å²) in [6.45, 7) is 0.149. The SMILES string of the molecule is C.NS(=O)(=O)OC[C@@H]1C[C@@H](Oc2cc(OCc3cccc4ccccc34)ncn2)C[C@@H]1O.